The van der Waals surface area contributed by atoms with Gasteiger partial charge < -0.3 is 14.5 Å². The highest BCUT2D eigenvalue weighted by molar-refractivity contribution is 5.89. The molecule has 1 aromatic carbocycles. The fourth-order valence-corrected chi connectivity index (χ4v) is 6.22. The summed E-state index contributed by atoms with van der Waals surface area (Å²) in [5, 5.41) is 0. The fraction of sp³-hybridized carbons (Fsp3) is 0.667. The second kappa shape index (κ2) is 7.54. The molecule has 2 amide bonds. The van der Waals surface area contributed by atoms with Crippen molar-refractivity contribution >= 4 is 11.8 Å². The molecule has 1 aromatic rings. The number of likely N-dealkylation sites (tertiary alicyclic amines) is 1. The lowest BCUT2D eigenvalue weighted by molar-refractivity contribution is -0.157. The molecule has 0 aromatic heterocycles. The van der Waals surface area contributed by atoms with Gasteiger partial charge in [-0.25, -0.2) is 8.78 Å². The molecule has 1 saturated carbocycles. The largest absolute Gasteiger partial charge is 0.342 e. The van der Waals surface area contributed by atoms with Crippen LogP contribution in [0.5, 0.6) is 0 Å². The van der Waals surface area contributed by atoms with Crippen LogP contribution < -0.4 is 0 Å². The number of piperidine rings is 1. The number of fused-ring (bicyclic) bond motifs is 1. The van der Waals surface area contributed by atoms with E-state index in [0.717, 1.165) is 31.7 Å². The van der Waals surface area contributed by atoms with Crippen LogP contribution in [0.3, 0.4) is 0 Å². The van der Waals surface area contributed by atoms with Gasteiger partial charge in [0.2, 0.25) is 5.91 Å². The van der Waals surface area contributed by atoms with Gasteiger partial charge in [-0.3, -0.25) is 9.59 Å². The van der Waals surface area contributed by atoms with Gasteiger partial charge in [-0.2, -0.15) is 0 Å². The monoisotopic (exact) mass is 432 g/mol. The highest BCUT2D eigenvalue weighted by Gasteiger charge is 2.63. The number of hydrogen-bond acceptors (Lipinski definition) is 3. The first-order chi connectivity index (χ1) is 14.8. The molecule has 0 radical (unpaired) electrons. The molecule has 3 saturated heterocycles. The Hall–Kier alpha value is -2.02. The first kappa shape index (κ1) is 20.9. The third-order valence-corrected chi connectivity index (χ3v) is 7.83. The standard InChI is InChI=1S/C24H30F2N2O3/c1-23-8-7-20(17-13-18(25)15-19(26)14-17)28(23)22(30)24(31-23)9-11-27(12-10-24)21(29)16-5-3-2-4-6-16/h13-16,20H,2-12H2,1H3/t20-,23+/m0/s1. The Morgan fingerprint density at radius 2 is 1.65 bits per heavy atom. The molecule has 4 fully saturated rings. The fourth-order valence-electron chi connectivity index (χ4n) is 6.22. The van der Waals surface area contributed by atoms with Crippen molar-refractivity contribution < 1.29 is 23.1 Å². The van der Waals surface area contributed by atoms with Crippen LogP contribution in [0.4, 0.5) is 8.78 Å². The van der Waals surface area contributed by atoms with Crippen molar-refractivity contribution in [2.45, 2.75) is 82.1 Å². The van der Waals surface area contributed by atoms with Crippen molar-refractivity contribution in [3.8, 4) is 0 Å². The van der Waals surface area contributed by atoms with Crippen molar-refractivity contribution in [1.82, 2.24) is 9.80 Å². The summed E-state index contributed by atoms with van der Waals surface area (Å²) in [4.78, 5) is 30.1. The number of rotatable bonds is 2. The van der Waals surface area contributed by atoms with Crippen LogP contribution in [-0.2, 0) is 14.3 Å². The average Bonchev–Trinajstić information content (AvgIpc) is 3.19. The highest BCUT2D eigenvalue weighted by atomic mass is 19.1. The smallest absolute Gasteiger partial charge is 0.257 e. The Morgan fingerprint density at radius 3 is 2.29 bits per heavy atom. The topological polar surface area (TPSA) is 49.9 Å². The molecule has 4 aliphatic rings. The van der Waals surface area contributed by atoms with Gasteiger partial charge in [0, 0.05) is 37.9 Å². The van der Waals surface area contributed by atoms with Gasteiger partial charge in [0.25, 0.3) is 5.91 Å². The maximum Gasteiger partial charge on any atom is 0.257 e. The number of carbonyl (C=O) groups is 2. The minimum absolute atomic E-state index is 0.105. The third-order valence-electron chi connectivity index (χ3n) is 7.83. The Balaban J connectivity index is 1.32. The van der Waals surface area contributed by atoms with Gasteiger partial charge in [0.1, 0.15) is 17.4 Å². The van der Waals surface area contributed by atoms with Crippen molar-refractivity contribution in [3.05, 3.63) is 35.4 Å². The molecular formula is C24H30F2N2O3. The summed E-state index contributed by atoms with van der Waals surface area (Å²) in [6.07, 6.45) is 7.54. The number of carbonyl (C=O) groups excluding carboxylic acids is 2. The molecule has 31 heavy (non-hydrogen) atoms. The van der Waals surface area contributed by atoms with E-state index in [1.54, 1.807) is 4.90 Å². The van der Waals surface area contributed by atoms with Gasteiger partial charge in [0.05, 0.1) is 6.04 Å². The molecule has 0 bridgehead atoms. The van der Waals surface area contributed by atoms with E-state index < -0.39 is 29.0 Å². The Kier molecular flexibility index (Phi) is 5.07. The normalized spacial score (nSPS) is 30.8. The van der Waals surface area contributed by atoms with Gasteiger partial charge in [0.15, 0.2) is 5.60 Å². The summed E-state index contributed by atoms with van der Waals surface area (Å²) in [5.74, 6) is -1.04. The molecule has 168 valence electrons. The second-order valence-electron chi connectivity index (χ2n) is 9.86. The van der Waals surface area contributed by atoms with Crippen LogP contribution in [0, 0.1) is 17.6 Å². The highest BCUT2D eigenvalue weighted by Crippen LogP contribution is 2.53. The first-order valence-corrected chi connectivity index (χ1v) is 11.6. The summed E-state index contributed by atoms with van der Waals surface area (Å²) >= 11 is 0. The zero-order valence-electron chi connectivity index (χ0n) is 18.0. The van der Waals surface area contributed by atoms with E-state index in [-0.39, 0.29) is 17.7 Å². The summed E-state index contributed by atoms with van der Waals surface area (Å²) < 4.78 is 34.1. The summed E-state index contributed by atoms with van der Waals surface area (Å²) in [6.45, 7) is 2.93. The molecule has 0 unspecified atom stereocenters. The SMILES string of the molecule is C[C@@]12CC[C@@H](c3cc(F)cc(F)c3)N1C(=O)C1(CCN(C(=O)C3CCCCC3)CC1)O2. The summed E-state index contributed by atoms with van der Waals surface area (Å²) in [5.41, 5.74) is -1.25. The number of benzene rings is 1. The number of halogens is 2. The number of nitrogens with zero attached hydrogens (tertiary/aromatic N) is 2. The Morgan fingerprint density at radius 1 is 1.00 bits per heavy atom. The Labute approximate surface area is 181 Å². The predicted molar refractivity (Wildman–Crippen MR) is 110 cm³/mol. The van der Waals surface area contributed by atoms with E-state index >= 15 is 0 Å². The van der Waals surface area contributed by atoms with Crippen LogP contribution in [0.1, 0.15) is 76.3 Å². The van der Waals surface area contributed by atoms with E-state index in [2.05, 4.69) is 0 Å². The van der Waals surface area contributed by atoms with Crippen molar-refractivity contribution in [3.63, 3.8) is 0 Å². The van der Waals surface area contributed by atoms with E-state index in [9.17, 15) is 18.4 Å². The molecular weight excluding hydrogens is 402 g/mol. The molecule has 3 heterocycles. The van der Waals surface area contributed by atoms with E-state index in [0.29, 0.717) is 44.3 Å². The quantitative estimate of drug-likeness (QED) is 0.700. The number of amides is 2. The average molecular weight is 433 g/mol. The summed E-state index contributed by atoms with van der Waals surface area (Å²) in [6, 6.07) is 3.07. The molecule has 2 atom stereocenters. The Bertz CT molecular complexity index is 873. The minimum atomic E-state index is -0.942. The van der Waals surface area contributed by atoms with Crippen LogP contribution in [0.2, 0.25) is 0 Å². The van der Waals surface area contributed by atoms with Gasteiger partial charge >= 0.3 is 0 Å². The lowest BCUT2D eigenvalue weighted by Gasteiger charge is -2.39. The zero-order valence-corrected chi connectivity index (χ0v) is 18.0. The van der Waals surface area contributed by atoms with Gasteiger partial charge in [-0.1, -0.05) is 19.3 Å². The molecule has 5 rings (SSSR count). The minimum Gasteiger partial charge on any atom is -0.342 e. The van der Waals surface area contributed by atoms with E-state index in [1.807, 2.05) is 11.8 Å². The predicted octanol–water partition coefficient (Wildman–Crippen LogP) is 4.32. The van der Waals surface area contributed by atoms with Crippen molar-refractivity contribution in [1.29, 1.82) is 0 Å². The zero-order chi connectivity index (χ0) is 21.8. The van der Waals surface area contributed by atoms with Crippen molar-refractivity contribution in [2.75, 3.05) is 13.1 Å². The van der Waals surface area contributed by atoms with Crippen LogP contribution in [0.25, 0.3) is 0 Å². The lowest BCUT2D eigenvalue weighted by atomic mass is 9.85. The lowest BCUT2D eigenvalue weighted by Crippen LogP contribution is -2.52. The molecule has 7 heteroatoms. The second-order valence-corrected chi connectivity index (χ2v) is 9.86. The molecule has 3 aliphatic heterocycles. The number of ether oxygens (including phenoxy) is 1. The number of hydrogen-bond donors (Lipinski definition) is 0. The van der Waals surface area contributed by atoms with Crippen LogP contribution >= 0.6 is 0 Å². The van der Waals surface area contributed by atoms with Gasteiger partial charge in [-0.15, -0.1) is 0 Å². The third kappa shape index (κ3) is 3.45. The van der Waals surface area contributed by atoms with E-state index in [1.165, 1.54) is 18.6 Å². The van der Waals surface area contributed by atoms with E-state index in [4.69, 9.17) is 4.74 Å². The molecule has 0 N–H and O–H groups in total. The van der Waals surface area contributed by atoms with Crippen LogP contribution in [0.15, 0.2) is 18.2 Å². The maximum atomic E-state index is 13.8. The van der Waals surface area contributed by atoms with Crippen molar-refractivity contribution in [2.24, 2.45) is 5.92 Å². The molecule has 1 spiro atoms. The summed E-state index contributed by atoms with van der Waals surface area (Å²) in [7, 11) is 0. The van der Waals surface area contributed by atoms with Crippen LogP contribution in [-0.4, -0.2) is 46.0 Å². The molecule has 5 nitrogen and oxygen atoms in total. The molecule has 1 aliphatic carbocycles. The maximum absolute atomic E-state index is 13.8. The van der Waals surface area contributed by atoms with Gasteiger partial charge in [-0.05, 0) is 50.3 Å². The first-order valence-electron chi connectivity index (χ1n) is 11.6.